The van der Waals surface area contributed by atoms with Crippen LogP contribution in [0.25, 0.3) is 0 Å². The molecule has 0 amide bonds. The Morgan fingerprint density at radius 3 is 2.67 bits per heavy atom. The van der Waals surface area contributed by atoms with Crippen molar-refractivity contribution in [2.45, 2.75) is 39.2 Å². The lowest BCUT2D eigenvalue weighted by Crippen LogP contribution is -2.28. The maximum atomic E-state index is 11.0. The number of rotatable bonds is 2. The smallest absolute Gasteiger partial charge is 0.157 e. The van der Waals surface area contributed by atoms with E-state index in [1.807, 2.05) is 13.8 Å². The van der Waals surface area contributed by atoms with E-state index in [2.05, 4.69) is 0 Å². The highest BCUT2D eigenvalue weighted by Gasteiger charge is 2.16. The van der Waals surface area contributed by atoms with Crippen LogP contribution in [0.15, 0.2) is 11.8 Å². The first-order valence-corrected chi connectivity index (χ1v) is 4.33. The minimum absolute atomic E-state index is 0.0437. The molecule has 0 aromatic rings. The summed E-state index contributed by atoms with van der Waals surface area (Å²) in [6, 6.07) is 0.0437. The number of allylic oxidation sites excluding steroid dienone is 2. The van der Waals surface area contributed by atoms with Crippen LogP contribution in [-0.4, -0.2) is 22.1 Å². The van der Waals surface area contributed by atoms with E-state index in [1.54, 1.807) is 6.08 Å². The van der Waals surface area contributed by atoms with Crippen LogP contribution in [0, 0.1) is 0 Å². The van der Waals surface area contributed by atoms with E-state index >= 15 is 0 Å². The van der Waals surface area contributed by atoms with Gasteiger partial charge in [-0.25, -0.2) is 0 Å². The minimum atomic E-state index is 0.0437. The average molecular weight is 169 g/mol. The molecule has 0 radical (unpaired) electrons. The third-order valence-electron chi connectivity index (χ3n) is 1.97. The van der Waals surface area contributed by atoms with Crippen LogP contribution in [0.2, 0.25) is 0 Å². The molecule has 0 aliphatic heterocycles. The van der Waals surface area contributed by atoms with Gasteiger partial charge in [-0.2, -0.15) is 0 Å². The molecule has 0 fully saturated rings. The van der Waals surface area contributed by atoms with Gasteiger partial charge in [-0.1, -0.05) is 0 Å². The zero-order valence-corrected chi connectivity index (χ0v) is 7.58. The highest BCUT2D eigenvalue weighted by atomic mass is 16.5. The minimum Gasteiger partial charge on any atom is -0.295 e. The summed E-state index contributed by atoms with van der Waals surface area (Å²) < 4.78 is 0. The van der Waals surface area contributed by atoms with Crippen molar-refractivity contribution in [2.24, 2.45) is 0 Å². The molecular weight excluding hydrogens is 154 g/mol. The van der Waals surface area contributed by atoms with Crippen LogP contribution in [-0.2, 0) is 4.79 Å². The lowest BCUT2D eigenvalue weighted by atomic mass is 10.0. The Morgan fingerprint density at radius 2 is 2.17 bits per heavy atom. The van der Waals surface area contributed by atoms with Gasteiger partial charge in [-0.15, -0.1) is 0 Å². The summed E-state index contributed by atoms with van der Waals surface area (Å²) in [5, 5.41) is 10.7. The van der Waals surface area contributed by atoms with Crippen molar-refractivity contribution < 1.29 is 10.0 Å². The molecule has 1 aliphatic rings. The Morgan fingerprint density at radius 1 is 1.50 bits per heavy atom. The summed E-state index contributed by atoms with van der Waals surface area (Å²) in [6.45, 7) is 3.78. The van der Waals surface area contributed by atoms with Gasteiger partial charge < -0.3 is 0 Å². The highest BCUT2D eigenvalue weighted by molar-refractivity contribution is 5.90. The van der Waals surface area contributed by atoms with E-state index in [1.165, 1.54) is 5.06 Å². The van der Waals surface area contributed by atoms with E-state index < -0.39 is 0 Å². The third kappa shape index (κ3) is 2.08. The Labute approximate surface area is 72.6 Å². The number of carbonyl (C=O) groups excluding carboxylic acids is 1. The molecule has 0 saturated carbocycles. The van der Waals surface area contributed by atoms with Crippen LogP contribution >= 0.6 is 0 Å². The first-order chi connectivity index (χ1) is 5.61. The molecule has 0 spiro atoms. The molecule has 1 aliphatic carbocycles. The van der Waals surface area contributed by atoms with Gasteiger partial charge in [0.2, 0.25) is 0 Å². The van der Waals surface area contributed by atoms with Crippen molar-refractivity contribution in [2.75, 3.05) is 0 Å². The summed E-state index contributed by atoms with van der Waals surface area (Å²) in [4.78, 5) is 11.0. The summed E-state index contributed by atoms with van der Waals surface area (Å²) >= 11 is 0. The zero-order chi connectivity index (χ0) is 9.14. The summed E-state index contributed by atoms with van der Waals surface area (Å²) in [5.74, 6) is 0.121. The quantitative estimate of drug-likeness (QED) is 0.640. The van der Waals surface area contributed by atoms with E-state index in [-0.39, 0.29) is 11.8 Å². The Kier molecular flexibility index (Phi) is 2.87. The molecule has 0 saturated heterocycles. The van der Waals surface area contributed by atoms with E-state index in [4.69, 9.17) is 0 Å². The predicted octanol–water partition coefficient (Wildman–Crippen LogP) is 1.72. The fourth-order valence-corrected chi connectivity index (χ4v) is 1.29. The SMILES string of the molecule is CC(C)N(O)C1=CC(=O)CCC1. The van der Waals surface area contributed by atoms with Gasteiger partial charge >= 0.3 is 0 Å². The molecule has 0 unspecified atom stereocenters. The van der Waals surface area contributed by atoms with E-state index in [0.717, 1.165) is 18.5 Å². The van der Waals surface area contributed by atoms with Gasteiger partial charge in [-0.05, 0) is 26.7 Å². The molecule has 0 atom stereocenters. The number of hydrogen-bond acceptors (Lipinski definition) is 3. The number of nitrogens with zero attached hydrogens (tertiary/aromatic N) is 1. The molecule has 3 heteroatoms. The maximum absolute atomic E-state index is 11.0. The van der Waals surface area contributed by atoms with Crippen molar-refractivity contribution in [3.8, 4) is 0 Å². The number of hydrogen-bond donors (Lipinski definition) is 1. The molecule has 3 nitrogen and oxygen atoms in total. The van der Waals surface area contributed by atoms with Crippen LogP contribution in [0.4, 0.5) is 0 Å². The second kappa shape index (κ2) is 3.72. The summed E-state index contributed by atoms with van der Waals surface area (Å²) in [6.07, 6.45) is 3.83. The Bertz CT molecular complexity index is 209. The number of carbonyl (C=O) groups is 1. The Balaban J connectivity index is 2.67. The molecule has 0 heterocycles. The summed E-state index contributed by atoms with van der Waals surface area (Å²) in [5.41, 5.74) is 0.751. The first-order valence-electron chi connectivity index (χ1n) is 4.33. The lowest BCUT2D eigenvalue weighted by Gasteiger charge is -2.25. The highest BCUT2D eigenvalue weighted by Crippen LogP contribution is 2.18. The third-order valence-corrected chi connectivity index (χ3v) is 1.97. The van der Waals surface area contributed by atoms with Gasteiger partial charge in [0.15, 0.2) is 5.78 Å². The normalized spacial score (nSPS) is 18.0. The monoisotopic (exact) mass is 169 g/mol. The summed E-state index contributed by atoms with van der Waals surface area (Å²) in [7, 11) is 0. The van der Waals surface area contributed by atoms with Gasteiger partial charge in [0.05, 0.1) is 6.04 Å². The van der Waals surface area contributed by atoms with Crippen molar-refractivity contribution in [3.05, 3.63) is 11.8 Å². The number of ketones is 1. The van der Waals surface area contributed by atoms with Crippen molar-refractivity contribution in [1.82, 2.24) is 5.06 Å². The van der Waals surface area contributed by atoms with Gasteiger partial charge in [0.1, 0.15) is 0 Å². The molecule has 12 heavy (non-hydrogen) atoms. The molecule has 68 valence electrons. The first kappa shape index (κ1) is 9.26. The van der Waals surface area contributed by atoms with Crippen molar-refractivity contribution in [1.29, 1.82) is 0 Å². The fourth-order valence-electron chi connectivity index (χ4n) is 1.29. The van der Waals surface area contributed by atoms with Crippen molar-refractivity contribution in [3.63, 3.8) is 0 Å². The number of hydroxylamine groups is 2. The topological polar surface area (TPSA) is 40.5 Å². The second-order valence-electron chi connectivity index (χ2n) is 3.39. The second-order valence-corrected chi connectivity index (χ2v) is 3.39. The largest absolute Gasteiger partial charge is 0.295 e. The molecular formula is C9H15NO2. The van der Waals surface area contributed by atoms with Gasteiger partial charge in [0.25, 0.3) is 0 Å². The van der Waals surface area contributed by atoms with Crippen LogP contribution in [0.1, 0.15) is 33.1 Å². The fraction of sp³-hybridized carbons (Fsp3) is 0.667. The molecule has 1 rings (SSSR count). The Hall–Kier alpha value is -0.830. The maximum Gasteiger partial charge on any atom is 0.157 e. The molecule has 0 aromatic heterocycles. The predicted molar refractivity (Wildman–Crippen MR) is 45.7 cm³/mol. The van der Waals surface area contributed by atoms with Crippen LogP contribution in [0.3, 0.4) is 0 Å². The van der Waals surface area contributed by atoms with E-state index in [0.29, 0.717) is 6.42 Å². The van der Waals surface area contributed by atoms with Crippen LogP contribution in [0.5, 0.6) is 0 Å². The van der Waals surface area contributed by atoms with Gasteiger partial charge in [0, 0.05) is 18.2 Å². The standard InChI is InChI=1S/C9H15NO2/c1-7(2)10(12)8-4-3-5-9(11)6-8/h6-7,12H,3-5H2,1-2H3. The van der Waals surface area contributed by atoms with Crippen LogP contribution < -0.4 is 0 Å². The molecule has 0 bridgehead atoms. The van der Waals surface area contributed by atoms with Crippen molar-refractivity contribution >= 4 is 5.78 Å². The van der Waals surface area contributed by atoms with Gasteiger partial charge in [-0.3, -0.25) is 15.1 Å². The zero-order valence-electron chi connectivity index (χ0n) is 7.58. The molecule has 1 N–H and O–H groups in total. The molecule has 0 aromatic carbocycles. The lowest BCUT2D eigenvalue weighted by molar-refractivity contribution is -0.117. The average Bonchev–Trinajstić information content (AvgIpc) is 2.03. The van der Waals surface area contributed by atoms with E-state index in [9.17, 15) is 10.0 Å².